The van der Waals surface area contributed by atoms with E-state index in [2.05, 4.69) is 22.9 Å². The van der Waals surface area contributed by atoms with Crippen LogP contribution in [-0.4, -0.2) is 40.4 Å². The van der Waals surface area contributed by atoms with Crippen LogP contribution in [0.3, 0.4) is 0 Å². The smallest absolute Gasteiger partial charge is 0.410 e. The van der Waals surface area contributed by atoms with Crippen LogP contribution in [-0.2, 0) is 11.2 Å². The lowest BCUT2D eigenvalue weighted by atomic mass is 9.87. The quantitative estimate of drug-likeness (QED) is 0.857. The van der Waals surface area contributed by atoms with E-state index in [4.69, 9.17) is 4.74 Å². The largest absolute Gasteiger partial charge is 0.444 e. The molecule has 128 valence electrons. The first kappa shape index (κ1) is 18.3. The fourth-order valence-corrected chi connectivity index (χ4v) is 3.53. The molecule has 5 heteroatoms. The van der Waals surface area contributed by atoms with Gasteiger partial charge in [-0.1, -0.05) is 35.0 Å². The van der Waals surface area contributed by atoms with Gasteiger partial charge in [0.15, 0.2) is 0 Å². The van der Waals surface area contributed by atoms with Crippen LogP contribution in [0.1, 0.15) is 39.7 Å². The number of rotatable bonds is 3. The Morgan fingerprint density at radius 2 is 2.00 bits per heavy atom. The molecule has 1 N–H and O–H groups in total. The lowest BCUT2D eigenvalue weighted by molar-refractivity contribution is -0.00462. The standard InChI is InChI=1S/C18H26BrNO3/c1-13-9-18(12-21,10-14-5-7-15(19)8-6-14)20(11-13)16(22)23-17(2,3)4/h5-8,13,21H,9-12H2,1-4H3/t13-,18+/m0/s1. The number of likely N-dealkylation sites (tertiary alicyclic amines) is 1. The van der Waals surface area contributed by atoms with Crippen molar-refractivity contribution in [2.45, 2.75) is 51.7 Å². The maximum absolute atomic E-state index is 12.6. The number of ether oxygens (including phenoxy) is 1. The number of aliphatic hydroxyl groups excluding tert-OH is 1. The maximum atomic E-state index is 12.6. The molecule has 0 spiro atoms. The monoisotopic (exact) mass is 383 g/mol. The molecule has 1 amide bonds. The van der Waals surface area contributed by atoms with Crippen LogP contribution in [0.15, 0.2) is 28.7 Å². The molecule has 1 aliphatic rings. The summed E-state index contributed by atoms with van der Waals surface area (Å²) in [6.45, 7) is 8.24. The molecule has 23 heavy (non-hydrogen) atoms. The van der Waals surface area contributed by atoms with Crippen molar-refractivity contribution in [1.29, 1.82) is 0 Å². The average molecular weight is 384 g/mol. The number of carbonyl (C=O) groups excluding carboxylic acids is 1. The van der Waals surface area contributed by atoms with Gasteiger partial charge >= 0.3 is 6.09 Å². The summed E-state index contributed by atoms with van der Waals surface area (Å²) < 4.78 is 6.57. The minimum atomic E-state index is -0.588. The highest BCUT2D eigenvalue weighted by Crippen LogP contribution is 2.37. The van der Waals surface area contributed by atoms with E-state index in [1.54, 1.807) is 4.90 Å². The van der Waals surface area contributed by atoms with Gasteiger partial charge in [-0.25, -0.2) is 4.79 Å². The number of amides is 1. The van der Waals surface area contributed by atoms with E-state index in [9.17, 15) is 9.90 Å². The number of carbonyl (C=O) groups is 1. The molecule has 4 nitrogen and oxygen atoms in total. The van der Waals surface area contributed by atoms with Gasteiger partial charge in [-0.2, -0.15) is 0 Å². The fourth-order valence-electron chi connectivity index (χ4n) is 3.27. The van der Waals surface area contributed by atoms with Crippen LogP contribution >= 0.6 is 15.9 Å². The van der Waals surface area contributed by atoms with Crippen LogP contribution in [0, 0.1) is 5.92 Å². The van der Waals surface area contributed by atoms with Gasteiger partial charge in [0, 0.05) is 11.0 Å². The number of halogens is 1. The molecule has 1 aliphatic heterocycles. The summed E-state index contributed by atoms with van der Waals surface area (Å²) in [4.78, 5) is 14.3. The van der Waals surface area contributed by atoms with E-state index in [-0.39, 0.29) is 12.7 Å². The van der Waals surface area contributed by atoms with Gasteiger partial charge in [-0.05, 0) is 57.2 Å². The molecule has 1 saturated heterocycles. The van der Waals surface area contributed by atoms with Crippen molar-refractivity contribution in [2.75, 3.05) is 13.2 Å². The highest BCUT2D eigenvalue weighted by molar-refractivity contribution is 9.10. The lowest BCUT2D eigenvalue weighted by Gasteiger charge is -2.38. The molecule has 1 heterocycles. The van der Waals surface area contributed by atoms with Crippen molar-refractivity contribution in [3.63, 3.8) is 0 Å². The van der Waals surface area contributed by atoms with Gasteiger partial charge in [0.2, 0.25) is 0 Å². The van der Waals surface area contributed by atoms with Crippen LogP contribution in [0.2, 0.25) is 0 Å². The SMILES string of the molecule is C[C@@H]1CN(C(=O)OC(C)(C)C)[C@@](CO)(Cc2ccc(Br)cc2)C1. The van der Waals surface area contributed by atoms with E-state index in [0.29, 0.717) is 18.9 Å². The topological polar surface area (TPSA) is 49.8 Å². The van der Waals surface area contributed by atoms with Crippen LogP contribution in [0.25, 0.3) is 0 Å². The summed E-state index contributed by atoms with van der Waals surface area (Å²) in [6.07, 6.45) is 1.06. The molecule has 0 aliphatic carbocycles. The van der Waals surface area contributed by atoms with Gasteiger partial charge in [-0.15, -0.1) is 0 Å². The van der Waals surface area contributed by atoms with Crippen molar-refractivity contribution >= 4 is 22.0 Å². The maximum Gasteiger partial charge on any atom is 0.410 e. The normalized spacial score (nSPS) is 24.8. The fraction of sp³-hybridized carbons (Fsp3) is 0.611. The Kier molecular flexibility index (Phi) is 5.41. The number of aliphatic hydroxyl groups is 1. The molecule has 2 atom stereocenters. The third-order valence-corrected chi connectivity index (χ3v) is 4.68. The van der Waals surface area contributed by atoms with Crippen molar-refractivity contribution in [2.24, 2.45) is 5.92 Å². The number of nitrogens with zero attached hydrogens (tertiary/aromatic N) is 1. The Morgan fingerprint density at radius 3 is 2.52 bits per heavy atom. The van der Waals surface area contributed by atoms with Crippen LogP contribution in [0.5, 0.6) is 0 Å². The Hall–Kier alpha value is -1.07. The summed E-state index contributed by atoms with van der Waals surface area (Å²) >= 11 is 3.43. The van der Waals surface area contributed by atoms with Crippen LogP contribution < -0.4 is 0 Å². The zero-order chi connectivity index (χ0) is 17.3. The molecule has 0 saturated carbocycles. The zero-order valence-corrected chi connectivity index (χ0v) is 15.9. The Balaban J connectivity index is 2.25. The molecule has 0 aromatic heterocycles. The van der Waals surface area contributed by atoms with Crippen molar-refractivity contribution in [3.8, 4) is 0 Å². The highest BCUT2D eigenvalue weighted by atomic mass is 79.9. The molecule has 1 fully saturated rings. The highest BCUT2D eigenvalue weighted by Gasteiger charge is 2.47. The summed E-state index contributed by atoms with van der Waals surface area (Å²) in [7, 11) is 0. The summed E-state index contributed by atoms with van der Waals surface area (Å²) in [5.74, 6) is 0.338. The van der Waals surface area contributed by atoms with Gasteiger partial charge in [-0.3, -0.25) is 4.90 Å². The van der Waals surface area contributed by atoms with E-state index in [0.717, 1.165) is 16.5 Å². The van der Waals surface area contributed by atoms with Gasteiger partial charge in [0.05, 0.1) is 12.1 Å². The second-order valence-corrected chi connectivity index (χ2v) is 8.50. The number of hydrogen-bond donors (Lipinski definition) is 1. The van der Waals surface area contributed by atoms with E-state index in [1.807, 2.05) is 45.0 Å². The molecule has 0 unspecified atom stereocenters. The van der Waals surface area contributed by atoms with E-state index in [1.165, 1.54) is 0 Å². The second-order valence-electron chi connectivity index (χ2n) is 7.59. The zero-order valence-electron chi connectivity index (χ0n) is 14.3. The molecule has 2 rings (SSSR count). The molecular weight excluding hydrogens is 358 g/mol. The van der Waals surface area contributed by atoms with Gasteiger partial charge in [0.25, 0.3) is 0 Å². The van der Waals surface area contributed by atoms with Gasteiger partial charge < -0.3 is 9.84 Å². The number of hydrogen-bond acceptors (Lipinski definition) is 3. The van der Waals surface area contributed by atoms with E-state index >= 15 is 0 Å². The first-order valence-electron chi connectivity index (χ1n) is 8.01. The molecule has 0 bridgehead atoms. The molecule has 0 radical (unpaired) electrons. The number of benzene rings is 1. The molecule has 1 aromatic carbocycles. The van der Waals surface area contributed by atoms with Crippen molar-refractivity contribution in [3.05, 3.63) is 34.3 Å². The third-order valence-electron chi connectivity index (χ3n) is 4.15. The minimum absolute atomic E-state index is 0.0629. The summed E-state index contributed by atoms with van der Waals surface area (Å²) in [5.41, 5.74) is -0.0259. The molecule has 1 aromatic rings. The third kappa shape index (κ3) is 4.48. The van der Waals surface area contributed by atoms with Crippen LogP contribution in [0.4, 0.5) is 4.79 Å². The summed E-state index contributed by atoms with van der Waals surface area (Å²) in [6, 6.07) is 8.02. The minimum Gasteiger partial charge on any atom is -0.444 e. The Morgan fingerprint density at radius 1 is 1.39 bits per heavy atom. The van der Waals surface area contributed by atoms with E-state index < -0.39 is 11.1 Å². The first-order chi connectivity index (χ1) is 10.6. The summed E-state index contributed by atoms with van der Waals surface area (Å²) in [5, 5.41) is 10.1. The van der Waals surface area contributed by atoms with Crippen molar-refractivity contribution in [1.82, 2.24) is 4.90 Å². The Labute approximate surface area is 147 Å². The predicted molar refractivity (Wildman–Crippen MR) is 94.4 cm³/mol. The van der Waals surface area contributed by atoms with Gasteiger partial charge in [0.1, 0.15) is 5.60 Å². The first-order valence-corrected chi connectivity index (χ1v) is 8.80. The molecular formula is C18H26BrNO3. The average Bonchev–Trinajstić information content (AvgIpc) is 2.77. The lowest BCUT2D eigenvalue weighted by Crippen LogP contribution is -2.52. The second kappa shape index (κ2) is 6.81. The van der Waals surface area contributed by atoms with Crippen molar-refractivity contribution < 1.29 is 14.6 Å². The predicted octanol–water partition coefficient (Wildman–Crippen LogP) is 4.00. The Bertz CT molecular complexity index is 552.